The summed E-state index contributed by atoms with van der Waals surface area (Å²) in [4.78, 5) is 14.2. The van der Waals surface area contributed by atoms with Crippen molar-refractivity contribution in [1.29, 1.82) is 0 Å². The van der Waals surface area contributed by atoms with E-state index in [9.17, 15) is 10.0 Å². The maximum absolute atomic E-state index is 12.6. The molecule has 2 aromatic rings. The molecule has 0 unspecified atom stereocenters. The van der Waals surface area contributed by atoms with Gasteiger partial charge in [-0.2, -0.15) is 0 Å². The third kappa shape index (κ3) is 3.35. The molecule has 6 nitrogen and oxygen atoms in total. The lowest BCUT2D eigenvalue weighted by molar-refractivity contribution is -0.0405. The quantitative estimate of drug-likeness (QED) is 0.546. The minimum atomic E-state index is -0.435. The van der Waals surface area contributed by atoms with Gasteiger partial charge in [0.2, 0.25) is 0 Å². The number of oxime groups is 1. The van der Waals surface area contributed by atoms with E-state index >= 15 is 0 Å². The van der Waals surface area contributed by atoms with Gasteiger partial charge in [0.05, 0.1) is 36.8 Å². The largest absolute Gasteiger partial charge is 0.452 e. The molecular formula is C24H28N2O4. The molecule has 1 saturated carbocycles. The van der Waals surface area contributed by atoms with E-state index in [0.717, 1.165) is 29.7 Å². The number of ether oxygens (including phenoxy) is 2. The second-order valence-electron chi connectivity index (χ2n) is 8.72. The van der Waals surface area contributed by atoms with Gasteiger partial charge < -0.3 is 14.7 Å². The van der Waals surface area contributed by atoms with Crippen molar-refractivity contribution in [3.63, 3.8) is 0 Å². The van der Waals surface area contributed by atoms with E-state index in [1.165, 1.54) is 7.11 Å². The molecule has 1 N–H and O–H groups in total. The van der Waals surface area contributed by atoms with E-state index in [1.807, 2.05) is 36.4 Å². The van der Waals surface area contributed by atoms with Gasteiger partial charge in [-0.05, 0) is 43.9 Å². The van der Waals surface area contributed by atoms with E-state index in [4.69, 9.17) is 9.47 Å². The van der Waals surface area contributed by atoms with Gasteiger partial charge in [0.1, 0.15) is 0 Å². The maximum Gasteiger partial charge on any atom is 0.414 e. The van der Waals surface area contributed by atoms with E-state index in [0.29, 0.717) is 18.7 Å². The van der Waals surface area contributed by atoms with Crippen molar-refractivity contribution in [2.24, 2.45) is 5.16 Å². The second kappa shape index (κ2) is 7.76. The van der Waals surface area contributed by atoms with Crippen molar-refractivity contribution in [2.75, 3.05) is 12.0 Å². The molecule has 0 bridgehead atoms. The van der Waals surface area contributed by atoms with E-state index in [1.54, 1.807) is 4.90 Å². The predicted molar refractivity (Wildman–Crippen MR) is 115 cm³/mol. The lowest BCUT2D eigenvalue weighted by atomic mass is 9.58. The average molecular weight is 408 g/mol. The molecule has 0 radical (unpaired) electrons. The molecule has 2 aromatic carbocycles. The number of benzene rings is 2. The fourth-order valence-corrected chi connectivity index (χ4v) is 4.79. The first-order valence-corrected chi connectivity index (χ1v) is 10.3. The molecule has 1 heterocycles. The molecule has 30 heavy (non-hydrogen) atoms. The van der Waals surface area contributed by atoms with Crippen LogP contribution in [0.3, 0.4) is 0 Å². The Morgan fingerprint density at radius 1 is 1.20 bits per heavy atom. The van der Waals surface area contributed by atoms with Crippen LogP contribution in [-0.4, -0.2) is 35.8 Å². The van der Waals surface area contributed by atoms with Gasteiger partial charge in [0.15, 0.2) is 0 Å². The van der Waals surface area contributed by atoms with Crippen LogP contribution in [0.1, 0.15) is 44.2 Å². The summed E-state index contributed by atoms with van der Waals surface area (Å²) < 4.78 is 11.3. The highest BCUT2D eigenvalue weighted by Gasteiger charge is 2.63. The van der Waals surface area contributed by atoms with Gasteiger partial charge in [0, 0.05) is 11.8 Å². The molecule has 2 aliphatic rings. The number of hydrogen-bond acceptors (Lipinski definition) is 5. The van der Waals surface area contributed by atoms with Crippen LogP contribution < -0.4 is 4.90 Å². The van der Waals surface area contributed by atoms with Crippen LogP contribution in [-0.2, 0) is 21.5 Å². The number of carbonyl (C=O) groups excluding carboxylic acids is 1. The summed E-state index contributed by atoms with van der Waals surface area (Å²) in [5, 5.41) is 13.0. The van der Waals surface area contributed by atoms with Crippen LogP contribution in [0.25, 0.3) is 0 Å². The molecule has 1 aliphatic heterocycles. The molecule has 158 valence electrons. The summed E-state index contributed by atoms with van der Waals surface area (Å²) >= 11 is 0. The number of carbonyl (C=O) groups is 1. The topological polar surface area (TPSA) is 71.4 Å². The standard InChI is InChI=1S/C24H28N2O4/c1-23(2,30-16-17-9-5-4-6-10-17)13-14-24-15-19(25-28)21(24)26(22(27)29-3)20-12-8-7-11-18(20)24/h4-12,21,28H,13-16H2,1-3H3/b25-19-/t21-,24-/m0/s1. The van der Waals surface area contributed by atoms with Crippen LogP contribution >= 0.6 is 0 Å². The maximum atomic E-state index is 12.6. The van der Waals surface area contributed by atoms with Crippen molar-refractivity contribution in [2.45, 2.75) is 56.8 Å². The van der Waals surface area contributed by atoms with Crippen molar-refractivity contribution in [1.82, 2.24) is 0 Å². The number of nitrogens with zero attached hydrogens (tertiary/aromatic N) is 2. The summed E-state index contributed by atoms with van der Waals surface area (Å²) in [5.74, 6) is 0. The highest BCUT2D eigenvalue weighted by molar-refractivity contribution is 6.11. The van der Waals surface area contributed by atoms with Gasteiger partial charge in [-0.3, -0.25) is 4.90 Å². The van der Waals surface area contributed by atoms with E-state index < -0.39 is 6.09 Å². The zero-order valence-corrected chi connectivity index (χ0v) is 17.7. The number of para-hydroxylation sites is 1. The number of amides is 1. The smallest absolute Gasteiger partial charge is 0.414 e. The first kappa shape index (κ1) is 20.4. The van der Waals surface area contributed by atoms with E-state index in [-0.39, 0.29) is 17.1 Å². The molecule has 2 atom stereocenters. The van der Waals surface area contributed by atoms with Crippen LogP contribution in [0.2, 0.25) is 0 Å². The van der Waals surface area contributed by atoms with Crippen LogP contribution in [0.5, 0.6) is 0 Å². The molecule has 0 saturated heterocycles. The molecule has 6 heteroatoms. The minimum Gasteiger partial charge on any atom is -0.452 e. The zero-order valence-electron chi connectivity index (χ0n) is 17.7. The average Bonchev–Trinajstić information content (AvgIpc) is 2.97. The summed E-state index contributed by atoms with van der Waals surface area (Å²) in [5.41, 5.74) is 3.06. The lowest BCUT2D eigenvalue weighted by Crippen LogP contribution is -2.62. The van der Waals surface area contributed by atoms with E-state index in [2.05, 4.69) is 37.2 Å². The molecule has 0 aromatic heterocycles. The summed E-state index contributed by atoms with van der Waals surface area (Å²) in [6.07, 6.45) is 1.80. The Kier molecular flexibility index (Phi) is 5.28. The second-order valence-corrected chi connectivity index (χ2v) is 8.72. The van der Waals surface area contributed by atoms with Crippen LogP contribution in [0, 0.1) is 0 Å². The summed E-state index contributed by atoms with van der Waals surface area (Å²) in [7, 11) is 1.37. The summed E-state index contributed by atoms with van der Waals surface area (Å²) in [6.45, 7) is 4.75. The number of rotatable bonds is 6. The highest BCUT2D eigenvalue weighted by Crippen LogP contribution is 2.58. The fourth-order valence-electron chi connectivity index (χ4n) is 4.79. The molecular weight excluding hydrogens is 380 g/mol. The van der Waals surface area contributed by atoms with Crippen molar-refractivity contribution >= 4 is 17.5 Å². The number of hydrogen-bond donors (Lipinski definition) is 1. The molecule has 0 spiro atoms. The van der Waals surface area contributed by atoms with Crippen LogP contribution in [0.4, 0.5) is 10.5 Å². The van der Waals surface area contributed by atoms with Gasteiger partial charge in [0.25, 0.3) is 0 Å². The third-order valence-electron chi connectivity index (χ3n) is 6.44. The Balaban J connectivity index is 1.56. The normalized spacial score (nSPS) is 23.6. The Labute approximate surface area is 177 Å². The number of anilines is 1. The van der Waals surface area contributed by atoms with Gasteiger partial charge >= 0.3 is 6.09 Å². The Bertz CT molecular complexity index is 957. The number of fused-ring (bicyclic) bond motifs is 3. The van der Waals surface area contributed by atoms with Gasteiger partial charge in [-0.1, -0.05) is 53.7 Å². The number of methoxy groups -OCH3 is 1. The van der Waals surface area contributed by atoms with Crippen molar-refractivity contribution in [3.05, 3.63) is 65.7 Å². The Morgan fingerprint density at radius 2 is 1.90 bits per heavy atom. The predicted octanol–water partition coefficient (Wildman–Crippen LogP) is 4.89. The SMILES string of the molecule is COC(=O)N1c2ccccc2[C@]2(CCC(C)(C)OCc3ccccc3)C/C(=N/O)[C@H]12. The third-order valence-corrected chi connectivity index (χ3v) is 6.44. The summed E-state index contributed by atoms with van der Waals surface area (Å²) in [6, 6.07) is 17.7. The monoisotopic (exact) mass is 408 g/mol. The first-order valence-electron chi connectivity index (χ1n) is 10.3. The molecule has 4 rings (SSSR count). The zero-order chi connectivity index (χ0) is 21.4. The van der Waals surface area contributed by atoms with Gasteiger partial charge in [-0.25, -0.2) is 4.79 Å². The minimum absolute atomic E-state index is 0.292. The van der Waals surface area contributed by atoms with Crippen LogP contribution in [0.15, 0.2) is 59.8 Å². The van der Waals surface area contributed by atoms with Gasteiger partial charge in [-0.15, -0.1) is 0 Å². The Morgan fingerprint density at radius 3 is 2.60 bits per heavy atom. The van der Waals surface area contributed by atoms with Crippen molar-refractivity contribution < 1.29 is 19.5 Å². The lowest BCUT2D eigenvalue weighted by Gasteiger charge is -2.48. The first-order chi connectivity index (χ1) is 14.4. The molecule has 1 aliphatic carbocycles. The van der Waals surface area contributed by atoms with Crippen molar-refractivity contribution in [3.8, 4) is 0 Å². The fraction of sp³-hybridized carbons (Fsp3) is 0.417. The molecule has 1 amide bonds. The molecule has 1 fully saturated rings. The Hall–Kier alpha value is -2.86. The highest BCUT2D eigenvalue weighted by atomic mass is 16.5.